The van der Waals surface area contributed by atoms with Crippen molar-refractivity contribution in [1.82, 2.24) is 15.2 Å². The Labute approximate surface area is 168 Å². The lowest BCUT2D eigenvalue weighted by atomic mass is 10.0. The van der Waals surface area contributed by atoms with E-state index in [-0.39, 0.29) is 23.2 Å². The number of aromatic carboxylic acids is 1. The highest BCUT2D eigenvalue weighted by molar-refractivity contribution is 7.14. The van der Waals surface area contributed by atoms with Crippen LogP contribution in [0.15, 0.2) is 22.2 Å². The lowest BCUT2D eigenvalue weighted by Crippen LogP contribution is -2.48. The molecule has 0 spiro atoms. The van der Waals surface area contributed by atoms with Crippen molar-refractivity contribution < 1.29 is 24.3 Å². The zero-order valence-corrected chi connectivity index (χ0v) is 16.7. The maximum absolute atomic E-state index is 12.9. The highest BCUT2D eigenvalue weighted by Gasteiger charge is 2.45. The molecule has 2 unspecified atom stereocenters. The fraction of sp³-hybridized carbons (Fsp3) is 0.353. The number of carbonyl (C=O) groups is 4. The average Bonchev–Trinajstić information content (AvgIpc) is 3.34. The van der Waals surface area contributed by atoms with Crippen LogP contribution in [0.25, 0.3) is 0 Å². The first-order valence-corrected chi connectivity index (χ1v) is 10.3. The summed E-state index contributed by atoms with van der Waals surface area (Å²) in [4.78, 5) is 53.9. The summed E-state index contributed by atoms with van der Waals surface area (Å²) in [6, 6.07) is -0.738. The van der Waals surface area contributed by atoms with E-state index < -0.39 is 35.9 Å². The summed E-state index contributed by atoms with van der Waals surface area (Å²) in [7, 11) is 0. The van der Waals surface area contributed by atoms with Crippen LogP contribution < -0.4 is 10.6 Å². The Morgan fingerprint density at radius 1 is 1.36 bits per heavy atom. The first kappa shape index (κ1) is 20.0. The van der Waals surface area contributed by atoms with Gasteiger partial charge in [0, 0.05) is 5.38 Å². The molecule has 0 bridgehead atoms. The molecule has 2 atom stereocenters. The number of thiazole rings is 1. The van der Waals surface area contributed by atoms with Gasteiger partial charge in [-0.25, -0.2) is 19.5 Å². The SMILES string of the molecule is CC(C)CC(C(=O)Nc1nc(C(=O)O)cs1)N1C(=O)NC(c2ccsc2)C1=O. The molecule has 0 aliphatic carbocycles. The number of urea groups is 1. The predicted molar refractivity (Wildman–Crippen MR) is 103 cm³/mol. The molecule has 2 aromatic heterocycles. The molecule has 3 heterocycles. The van der Waals surface area contributed by atoms with Crippen molar-refractivity contribution in [2.75, 3.05) is 5.32 Å². The number of anilines is 1. The second-order valence-electron chi connectivity index (χ2n) is 6.63. The maximum Gasteiger partial charge on any atom is 0.355 e. The van der Waals surface area contributed by atoms with Gasteiger partial charge >= 0.3 is 12.0 Å². The summed E-state index contributed by atoms with van der Waals surface area (Å²) >= 11 is 2.37. The number of amides is 4. The Kier molecular flexibility index (Phi) is 5.75. The molecular weight excluding hydrogens is 404 g/mol. The molecule has 28 heavy (non-hydrogen) atoms. The zero-order valence-electron chi connectivity index (χ0n) is 15.0. The molecule has 2 aromatic rings. The number of hydrogen-bond acceptors (Lipinski definition) is 7. The lowest BCUT2D eigenvalue weighted by Gasteiger charge is -2.25. The Morgan fingerprint density at radius 3 is 2.68 bits per heavy atom. The van der Waals surface area contributed by atoms with Gasteiger partial charge in [-0.15, -0.1) is 11.3 Å². The third-order valence-electron chi connectivity index (χ3n) is 4.11. The molecule has 4 amide bonds. The molecule has 1 aliphatic rings. The number of carboxylic acids is 1. The largest absolute Gasteiger partial charge is 0.476 e. The van der Waals surface area contributed by atoms with Crippen LogP contribution >= 0.6 is 22.7 Å². The van der Waals surface area contributed by atoms with Crippen molar-refractivity contribution in [1.29, 1.82) is 0 Å². The number of imide groups is 1. The van der Waals surface area contributed by atoms with E-state index in [0.717, 1.165) is 16.2 Å². The molecule has 9 nitrogen and oxygen atoms in total. The van der Waals surface area contributed by atoms with Gasteiger partial charge < -0.3 is 15.7 Å². The van der Waals surface area contributed by atoms with Crippen LogP contribution in [0.3, 0.4) is 0 Å². The monoisotopic (exact) mass is 422 g/mol. The minimum atomic E-state index is -1.21. The van der Waals surface area contributed by atoms with E-state index in [4.69, 9.17) is 5.11 Å². The molecule has 1 fully saturated rings. The number of carbonyl (C=O) groups excluding carboxylic acids is 3. The molecule has 148 valence electrons. The second kappa shape index (κ2) is 8.07. The number of thiophene rings is 1. The minimum Gasteiger partial charge on any atom is -0.476 e. The van der Waals surface area contributed by atoms with Crippen LogP contribution in [-0.4, -0.2) is 44.8 Å². The molecular formula is C17H18N4O5S2. The van der Waals surface area contributed by atoms with Gasteiger partial charge in [0.1, 0.15) is 12.1 Å². The van der Waals surface area contributed by atoms with E-state index >= 15 is 0 Å². The molecule has 11 heteroatoms. The predicted octanol–water partition coefficient (Wildman–Crippen LogP) is 2.55. The summed E-state index contributed by atoms with van der Waals surface area (Å²) < 4.78 is 0. The van der Waals surface area contributed by atoms with Crippen LogP contribution in [-0.2, 0) is 9.59 Å². The molecule has 0 saturated carbocycles. The minimum absolute atomic E-state index is 0.0300. The van der Waals surface area contributed by atoms with E-state index in [0.29, 0.717) is 5.56 Å². The van der Waals surface area contributed by atoms with Crippen LogP contribution in [0.5, 0.6) is 0 Å². The number of aromatic nitrogens is 1. The zero-order chi connectivity index (χ0) is 20.4. The van der Waals surface area contributed by atoms with Gasteiger partial charge in [0.05, 0.1) is 0 Å². The summed E-state index contributed by atoms with van der Waals surface area (Å²) in [6.07, 6.45) is 0.262. The van der Waals surface area contributed by atoms with Crippen molar-refractivity contribution in [3.05, 3.63) is 33.5 Å². The number of nitrogens with zero attached hydrogens (tertiary/aromatic N) is 2. The number of carboxylic acid groups (broad SMARTS) is 1. The summed E-state index contributed by atoms with van der Waals surface area (Å²) in [5.41, 5.74) is 0.480. The van der Waals surface area contributed by atoms with Crippen molar-refractivity contribution in [3.63, 3.8) is 0 Å². The highest BCUT2D eigenvalue weighted by Crippen LogP contribution is 2.28. The topological polar surface area (TPSA) is 129 Å². The van der Waals surface area contributed by atoms with Crippen LogP contribution in [0.4, 0.5) is 9.93 Å². The molecule has 0 radical (unpaired) electrons. The maximum atomic E-state index is 12.9. The summed E-state index contributed by atoms with van der Waals surface area (Å²) in [5.74, 6) is -2.25. The second-order valence-corrected chi connectivity index (χ2v) is 8.26. The lowest BCUT2D eigenvalue weighted by molar-refractivity contribution is -0.134. The van der Waals surface area contributed by atoms with E-state index in [1.807, 2.05) is 13.8 Å². The van der Waals surface area contributed by atoms with Crippen LogP contribution in [0.2, 0.25) is 0 Å². The van der Waals surface area contributed by atoms with Gasteiger partial charge in [0.2, 0.25) is 5.91 Å². The van der Waals surface area contributed by atoms with Crippen molar-refractivity contribution >= 4 is 51.6 Å². The van der Waals surface area contributed by atoms with Gasteiger partial charge in [0.25, 0.3) is 5.91 Å². The van der Waals surface area contributed by atoms with Crippen LogP contribution in [0, 0.1) is 5.92 Å². The molecule has 3 rings (SSSR count). The molecule has 1 saturated heterocycles. The van der Waals surface area contributed by atoms with E-state index in [2.05, 4.69) is 15.6 Å². The van der Waals surface area contributed by atoms with Crippen LogP contribution in [0.1, 0.15) is 42.4 Å². The fourth-order valence-electron chi connectivity index (χ4n) is 2.85. The highest BCUT2D eigenvalue weighted by atomic mass is 32.1. The van der Waals surface area contributed by atoms with Crippen molar-refractivity contribution in [2.45, 2.75) is 32.4 Å². The van der Waals surface area contributed by atoms with Crippen molar-refractivity contribution in [3.8, 4) is 0 Å². The number of hydrogen-bond donors (Lipinski definition) is 3. The van der Waals surface area contributed by atoms with Gasteiger partial charge in [-0.2, -0.15) is 11.3 Å². The van der Waals surface area contributed by atoms with Gasteiger partial charge in [0.15, 0.2) is 10.8 Å². The quantitative estimate of drug-likeness (QED) is 0.588. The third kappa shape index (κ3) is 4.04. The Hall–Kier alpha value is -2.79. The first-order chi connectivity index (χ1) is 13.3. The fourth-order valence-corrected chi connectivity index (χ4v) is 4.22. The van der Waals surface area contributed by atoms with Gasteiger partial charge in [-0.05, 0) is 34.7 Å². The third-order valence-corrected chi connectivity index (χ3v) is 5.57. The molecule has 3 N–H and O–H groups in total. The standard InChI is InChI=1S/C17H18N4O5S2/c1-8(2)5-11(13(22)20-16-18-10(7-28-16)15(24)25)21-14(23)12(19-17(21)26)9-3-4-27-6-9/h3-4,6-8,11-12H,5H2,1-2H3,(H,19,26)(H,24,25)(H,18,20,22). The van der Waals surface area contributed by atoms with E-state index in [1.54, 1.807) is 16.8 Å². The number of nitrogens with one attached hydrogen (secondary N) is 2. The first-order valence-electron chi connectivity index (χ1n) is 8.43. The Balaban J connectivity index is 1.82. The average molecular weight is 422 g/mol. The molecule has 0 aromatic carbocycles. The molecule has 1 aliphatic heterocycles. The smallest absolute Gasteiger partial charge is 0.355 e. The summed E-state index contributed by atoms with van der Waals surface area (Å²) in [5, 5.41) is 19.1. The Bertz CT molecular complexity index is 909. The normalized spacial score (nSPS) is 17.7. The summed E-state index contributed by atoms with van der Waals surface area (Å²) in [6.45, 7) is 3.75. The number of rotatable bonds is 7. The Morgan fingerprint density at radius 2 is 2.11 bits per heavy atom. The van der Waals surface area contributed by atoms with E-state index in [9.17, 15) is 19.2 Å². The van der Waals surface area contributed by atoms with Gasteiger partial charge in [-0.3, -0.25) is 9.59 Å². The van der Waals surface area contributed by atoms with E-state index in [1.165, 1.54) is 16.7 Å². The van der Waals surface area contributed by atoms with Crippen molar-refractivity contribution in [2.24, 2.45) is 5.92 Å². The van der Waals surface area contributed by atoms with Gasteiger partial charge in [-0.1, -0.05) is 13.8 Å².